The number of nitrogens with zero attached hydrogens (tertiary/aromatic N) is 2. The standard InChI is InChI=1S/C61H59BN2O2/c1-57(2,3)36-21-24-39(25-22-36)64-47-32-44-43(59(7,8)27-28-60(44,9)10)31-42(47)51-52-40-19-15-16-20-49(40)65-56(52)53-41-30-38(58(4,5)6)23-26-46(41)63-48-33-50-35(29-45(48)62(64)54(51)55(53)63)34-61(11,66-50)37-17-13-12-14-18-37/h12-26,29-33H,27-28,34H2,1-11H3. The lowest BCUT2D eigenvalue weighted by molar-refractivity contribution is 0.116. The Kier molecular flexibility index (Phi) is 7.79. The van der Waals surface area contributed by atoms with Crippen molar-refractivity contribution in [3.05, 3.63) is 155 Å². The number of fused-ring (bicyclic) bond motifs is 15. The summed E-state index contributed by atoms with van der Waals surface area (Å²) in [6.07, 6.45) is 3.09. The largest absolute Gasteiger partial charge is 0.482 e. The first-order valence-electron chi connectivity index (χ1n) is 24.3. The predicted molar refractivity (Wildman–Crippen MR) is 278 cm³/mol. The van der Waals surface area contributed by atoms with Gasteiger partial charge in [0.25, 0.3) is 0 Å². The van der Waals surface area contributed by atoms with Gasteiger partial charge in [-0.2, -0.15) is 0 Å². The molecule has 0 saturated heterocycles. The Bertz CT molecular complexity index is 3570. The lowest BCUT2D eigenvalue weighted by Crippen LogP contribution is -2.60. The van der Waals surface area contributed by atoms with Crippen LogP contribution >= 0.6 is 0 Å². The summed E-state index contributed by atoms with van der Waals surface area (Å²) in [7, 11) is 0. The third kappa shape index (κ3) is 5.35. The second kappa shape index (κ2) is 12.8. The molecular weight excluding hydrogens is 803 g/mol. The second-order valence-corrected chi connectivity index (χ2v) is 23.8. The number of rotatable bonds is 2. The van der Waals surface area contributed by atoms with E-state index >= 15 is 0 Å². The zero-order valence-corrected chi connectivity index (χ0v) is 40.5. The summed E-state index contributed by atoms with van der Waals surface area (Å²) in [6.45, 7) is 25.9. The van der Waals surface area contributed by atoms with Crippen LogP contribution in [-0.4, -0.2) is 11.4 Å². The van der Waals surface area contributed by atoms with Crippen LogP contribution in [0.2, 0.25) is 0 Å². The summed E-state index contributed by atoms with van der Waals surface area (Å²) in [5.74, 6) is 0.963. The summed E-state index contributed by atoms with van der Waals surface area (Å²) < 4.78 is 17.0. The van der Waals surface area contributed by atoms with Gasteiger partial charge < -0.3 is 18.5 Å². The highest BCUT2D eigenvalue weighted by atomic mass is 16.5. The fourth-order valence-corrected chi connectivity index (χ4v) is 12.6. The van der Waals surface area contributed by atoms with E-state index in [9.17, 15) is 0 Å². The fraction of sp³-hybridized carbons (Fsp3) is 0.311. The van der Waals surface area contributed by atoms with E-state index in [4.69, 9.17) is 9.15 Å². The fourth-order valence-electron chi connectivity index (χ4n) is 12.6. The van der Waals surface area contributed by atoms with Crippen molar-refractivity contribution in [1.82, 2.24) is 4.57 Å². The molecule has 2 aromatic heterocycles. The van der Waals surface area contributed by atoms with Crippen LogP contribution in [0.5, 0.6) is 5.75 Å². The van der Waals surface area contributed by atoms with Crippen LogP contribution in [0, 0.1) is 0 Å². The Morgan fingerprint density at radius 3 is 2.00 bits per heavy atom. The van der Waals surface area contributed by atoms with Gasteiger partial charge in [0.2, 0.25) is 0 Å². The molecule has 9 aromatic rings. The molecule has 328 valence electrons. The van der Waals surface area contributed by atoms with Gasteiger partial charge in [0.15, 0.2) is 0 Å². The number of para-hydroxylation sites is 1. The Labute approximate surface area is 389 Å². The molecule has 0 spiro atoms. The maximum Gasteiger partial charge on any atom is 0.333 e. The Morgan fingerprint density at radius 1 is 0.621 bits per heavy atom. The number of hydrogen-bond acceptors (Lipinski definition) is 3. The summed E-state index contributed by atoms with van der Waals surface area (Å²) in [4.78, 5) is 2.73. The number of furan rings is 1. The Hall–Kier alpha value is -6.20. The zero-order chi connectivity index (χ0) is 45.6. The molecule has 0 fully saturated rings. The first kappa shape index (κ1) is 40.1. The molecule has 0 N–H and O–H groups in total. The van der Waals surface area contributed by atoms with E-state index in [1.807, 2.05) is 0 Å². The maximum absolute atomic E-state index is 7.28. The van der Waals surface area contributed by atoms with Crippen molar-refractivity contribution in [2.75, 3.05) is 4.81 Å². The van der Waals surface area contributed by atoms with Gasteiger partial charge >= 0.3 is 6.85 Å². The third-order valence-electron chi connectivity index (χ3n) is 16.5. The molecule has 4 nitrogen and oxygen atoms in total. The van der Waals surface area contributed by atoms with Gasteiger partial charge in [-0.05, 0) is 134 Å². The average molecular weight is 863 g/mol. The molecule has 4 aliphatic rings. The number of ether oxygens (including phenoxy) is 1. The third-order valence-corrected chi connectivity index (χ3v) is 16.5. The molecular formula is C61H59BN2O2. The number of hydrogen-bond donors (Lipinski definition) is 0. The quantitative estimate of drug-likeness (QED) is 0.162. The van der Waals surface area contributed by atoms with Crippen LogP contribution in [0.3, 0.4) is 0 Å². The lowest BCUT2D eigenvalue weighted by Gasteiger charge is -2.46. The molecule has 5 heteroatoms. The normalized spacial score (nSPS) is 19.0. The zero-order valence-electron chi connectivity index (χ0n) is 40.5. The van der Waals surface area contributed by atoms with E-state index in [0.717, 1.165) is 36.2 Å². The van der Waals surface area contributed by atoms with Crippen LogP contribution in [0.1, 0.15) is 122 Å². The Morgan fingerprint density at radius 2 is 1.29 bits per heavy atom. The molecule has 13 rings (SSSR count). The van der Waals surface area contributed by atoms with Gasteiger partial charge in [-0.15, -0.1) is 0 Å². The minimum absolute atomic E-state index is 0.0191. The van der Waals surface area contributed by atoms with Crippen LogP contribution in [0.15, 0.2) is 126 Å². The van der Waals surface area contributed by atoms with Gasteiger partial charge in [-0.3, -0.25) is 0 Å². The van der Waals surface area contributed by atoms with Crippen LogP contribution in [-0.2, 0) is 33.7 Å². The minimum atomic E-state index is -0.487. The smallest absolute Gasteiger partial charge is 0.333 e. The summed E-state index contributed by atoms with van der Waals surface area (Å²) in [5.41, 5.74) is 20.8. The first-order valence-corrected chi connectivity index (χ1v) is 24.3. The van der Waals surface area contributed by atoms with E-state index in [1.165, 1.54) is 105 Å². The van der Waals surface area contributed by atoms with Gasteiger partial charge in [0.05, 0.1) is 16.4 Å². The topological polar surface area (TPSA) is 30.5 Å². The Balaban J connectivity index is 1.24. The van der Waals surface area contributed by atoms with Gasteiger partial charge in [0, 0.05) is 51.3 Å². The maximum atomic E-state index is 7.28. The average Bonchev–Trinajstić information content (AvgIpc) is 3.95. The number of anilines is 2. The van der Waals surface area contributed by atoms with E-state index < -0.39 is 5.60 Å². The summed E-state index contributed by atoms with van der Waals surface area (Å²) in [6, 6.07) is 46.4. The molecule has 0 amide bonds. The van der Waals surface area contributed by atoms with E-state index in [-0.39, 0.29) is 28.5 Å². The van der Waals surface area contributed by atoms with E-state index in [1.54, 1.807) is 0 Å². The second-order valence-electron chi connectivity index (χ2n) is 23.8. The van der Waals surface area contributed by atoms with Crippen LogP contribution < -0.4 is 20.5 Å². The molecule has 0 bridgehead atoms. The predicted octanol–water partition coefficient (Wildman–Crippen LogP) is 14.7. The molecule has 66 heavy (non-hydrogen) atoms. The molecule has 0 saturated carbocycles. The van der Waals surface area contributed by atoms with Crippen molar-refractivity contribution in [3.8, 4) is 22.6 Å². The van der Waals surface area contributed by atoms with Crippen molar-refractivity contribution in [2.24, 2.45) is 0 Å². The molecule has 1 unspecified atom stereocenters. The van der Waals surface area contributed by atoms with Crippen LogP contribution in [0.25, 0.3) is 60.6 Å². The lowest BCUT2D eigenvalue weighted by atomic mass is 9.43. The van der Waals surface area contributed by atoms with Crippen LogP contribution in [0.4, 0.5) is 11.4 Å². The van der Waals surface area contributed by atoms with Crippen molar-refractivity contribution in [2.45, 2.75) is 123 Å². The highest BCUT2D eigenvalue weighted by molar-refractivity contribution is 6.94. The molecule has 0 radical (unpaired) electrons. The monoisotopic (exact) mass is 862 g/mol. The molecule has 5 heterocycles. The van der Waals surface area contributed by atoms with Crippen molar-refractivity contribution in [3.63, 3.8) is 0 Å². The highest BCUT2D eigenvalue weighted by Crippen LogP contribution is 2.56. The number of aromatic nitrogens is 1. The molecule has 3 aliphatic heterocycles. The van der Waals surface area contributed by atoms with Crippen molar-refractivity contribution in [1.29, 1.82) is 0 Å². The number of benzene rings is 7. The van der Waals surface area contributed by atoms with Crippen molar-refractivity contribution < 1.29 is 9.15 Å². The van der Waals surface area contributed by atoms with E-state index in [0.29, 0.717) is 0 Å². The SMILES string of the molecule is CC(C)(C)c1ccc(N2B3c4cc5c(cc4-n4c6ccc(C(C)(C)C)cc6c6c7oc8ccccc8c7c(c3c64)-c3cc4c(cc32)C(C)(C)CCC4(C)C)OC(C)(c2ccccc2)C5)cc1. The van der Waals surface area contributed by atoms with Crippen molar-refractivity contribution >= 4 is 72.9 Å². The van der Waals surface area contributed by atoms with Gasteiger partial charge in [0.1, 0.15) is 22.5 Å². The molecule has 1 atom stereocenters. The minimum Gasteiger partial charge on any atom is -0.482 e. The highest BCUT2D eigenvalue weighted by Gasteiger charge is 2.49. The van der Waals surface area contributed by atoms with Gasteiger partial charge in [-0.1, -0.05) is 142 Å². The first-order chi connectivity index (χ1) is 31.3. The molecule has 1 aliphatic carbocycles. The van der Waals surface area contributed by atoms with E-state index in [2.05, 4.69) is 207 Å². The van der Waals surface area contributed by atoms with Gasteiger partial charge in [-0.25, -0.2) is 0 Å². The summed E-state index contributed by atoms with van der Waals surface area (Å²) in [5, 5.41) is 4.81. The molecule has 7 aromatic carbocycles. The summed E-state index contributed by atoms with van der Waals surface area (Å²) >= 11 is 0.